The van der Waals surface area contributed by atoms with Gasteiger partial charge in [0.05, 0.1) is 6.26 Å². The number of carboxylic acids is 1. The molecule has 156 valence electrons. The van der Waals surface area contributed by atoms with E-state index < -0.39 is 22.2 Å². The summed E-state index contributed by atoms with van der Waals surface area (Å²) in [5, 5.41) is 7.12. The quantitative estimate of drug-likeness (QED) is 0.785. The van der Waals surface area contributed by atoms with Gasteiger partial charge in [-0.05, 0) is 30.9 Å². The third-order valence-corrected chi connectivity index (χ3v) is 6.09. The van der Waals surface area contributed by atoms with Gasteiger partial charge in [0.2, 0.25) is 10.0 Å². The molecule has 2 fully saturated rings. The zero-order valence-corrected chi connectivity index (χ0v) is 15.9. The average molecular weight is 422 g/mol. The SMILES string of the molecule is CS(=O)(=O)N1CCC2CCN(C(=O)c3ccccc3)C2C1.O=C(O)C(F)(F)F. The fourth-order valence-corrected chi connectivity index (χ4v) is 4.27. The largest absolute Gasteiger partial charge is 0.490 e. The van der Waals surface area contributed by atoms with Gasteiger partial charge >= 0.3 is 12.1 Å². The molecule has 28 heavy (non-hydrogen) atoms. The molecular formula is C17H21F3N2O5S. The van der Waals surface area contributed by atoms with E-state index in [1.165, 1.54) is 10.6 Å². The number of nitrogens with zero attached hydrogens (tertiary/aromatic N) is 2. The lowest BCUT2D eigenvalue weighted by Crippen LogP contribution is -2.51. The second-order valence-electron chi connectivity index (χ2n) is 6.69. The van der Waals surface area contributed by atoms with Crippen LogP contribution in [0.1, 0.15) is 23.2 Å². The minimum absolute atomic E-state index is 0.0125. The molecule has 0 aliphatic carbocycles. The first-order valence-corrected chi connectivity index (χ1v) is 10.4. The number of halogens is 3. The van der Waals surface area contributed by atoms with Crippen LogP contribution in [0.2, 0.25) is 0 Å². The molecule has 0 spiro atoms. The number of rotatable bonds is 2. The Hall–Kier alpha value is -2.14. The van der Waals surface area contributed by atoms with E-state index in [0.29, 0.717) is 24.6 Å². The Labute approximate surface area is 160 Å². The van der Waals surface area contributed by atoms with E-state index in [1.54, 1.807) is 0 Å². The standard InChI is InChI=1S/C15H20N2O3S.C2HF3O2/c1-21(19,20)16-9-7-12-8-10-17(14(12)11-16)15(18)13-5-3-2-4-6-13;3-2(4,5)1(6)7/h2-6,12,14H,7-11H2,1H3;(H,6,7). The summed E-state index contributed by atoms with van der Waals surface area (Å²) in [5.41, 5.74) is 0.676. The molecule has 2 atom stereocenters. The molecule has 1 N–H and O–H groups in total. The number of aliphatic carboxylic acids is 1. The molecule has 1 aromatic carbocycles. The molecule has 1 aromatic rings. The number of hydrogen-bond acceptors (Lipinski definition) is 4. The number of benzene rings is 1. The van der Waals surface area contributed by atoms with Crippen molar-refractivity contribution < 1.29 is 36.3 Å². The van der Waals surface area contributed by atoms with Gasteiger partial charge in [-0.15, -0.1) is 0 Å². The molecule has 3 rings (SSSR count). The van der Waals surface area contributed by atoms with Crippen LogP contribution >= 0.6 is 0 Å². The molecule has 1 amide bonds. The van der Waals surface area contributed by atoms with E-state index in [9.17, 15) is 26.4 Å². The number of carboxylic acid groups (broad SMARTS) is 1. The Kier molecular flexibility index (Phi) is 6.71. The summed E-state index contributed by atoms with van der Waals surface area (Å²) in [6.07, 6.45) is -2.03. The number of fused-ring (bicyclic) bond motifs is 1. The Bertz CT molecular complexity index is 814. The van der Waals surface area contributed by atoms with Crippen LogP contribution in [-0.2, 0) is 14.8 Å². The van der Waals surface area contributed by atoms with Crippen LogP contribution in [0.15, 0.2) is 30.3 Å². The van der Waals surface area contributed by atoms with Crippen LogP contribution in [0.25, 0.3) is 0 Å². The summed E-state index contributed by atoms with van der Waals surface area (Å²) in [5.74, 6) is -2.32. The number of amides is 1. The molecular weight excluding hydrogens is 401 g/mol. The lowest BCUT2D eigenvalue weighted by atomic mass is 9.93. The second kappa shape index (κ2) is 8.48. The zero-order chi connectivity index (χ0) is 21.1. The first-order chi connectivity index (χ1) is 12.9. The van der Waals surface area contributed by atoms with E-state index in [2.05, 4.69) is 0 Å². The fourth-order valence-electron chi connectivity index (χ4n) is 3.41. The first-order valence-electron chi connectivity index (χ1n) is 8.52. The van der Waals surface area contributed by atoms with Gasteiger partial charge in [0.25, 0.3) is 5.91 Å². The normalized spacial score (nSPS) is 22.8. The summed E-state index contributed by atoms with van der Waals surface area (Å²) in [6.45, 7) is 1.73. The second-order valence-corrected chi connectivity index (χ2v) is 8.68. The van der Waals surface area contributed by atoms with Gasteiger partial charge in [-0.3, -0.25) is 4.79 Å². The third kappa shape index (κ3) is 5.44. The maximum absolute atomic E-state index is 12.6. The number of carbonyl (C=O) groups excluding carboxylic acids is 1. The zero-order valence-electron chi connectivity index (χ0n) is 15.1. The van der Waals surface area contributed by atoms with Crippen molar-refractivity contribution in [2.45, 2.75) is 25.1 Å². The van der Waals surface area contributed by atoms with Crippen molar-refractivity contribution in [1.29, 1.82) is 0 Å². The van der Waals surface area contributed by atoms with Gasteiger partial charge in [-0.25, -0.2) is 17.5 Å². The van der Waals surface area contributed by atoms with Gasteiger partial charge < -0.3 is 10.0 Å². The van der Waals surface area contributed by atoms with Crippen LogP contribution in [0.3, 0.4) is 0 Å². The van der Waals surface area contributed by atoms with Crippen molar-refractivity contribution in [3.05, 3.63) is 35.9 Å². The average Bonchev–Trinajstić information content (AvgIpc) is 3.04. The number of carbonyl (C=O) groups is 2. The van der Waals surface area contributed by atoms with E-state index in [0.717, 1.165) is 19.4 Å². The third-order valence-electron chi connectivity index (χ3n) is 4.82. The fraction of sp³-hybridized carbons (Fsp3) is 0.529. The van der Waals surface area contributed by atoms with Gasteiger partial charge in [0.15, 0.2) is 0 Å². The Morgan fingerprint density at radius 3 is 2.14 bits per heavy atom. The molecule has 0 saturated carbocycles. The predicted octanol–water partition coefficient (Wildman–Crippen LogP) is 1.82. The summed E-state index contributed by atoms with van der Waals surface area (Å²) in [6, 6.07) is 9.23. The van der Waals surface area contributed by atoms with E-state index in [-0.39, 0.29) is 11.9 Å². The highest BCUT2D eigenvalue weighted by Gasteiger charge is 2.42. The Balaban J connectivity index is 0.000000345. The predicted molar refractivity (Wildman–Crippen MR) is 94.1 cm³/mol. The topological polar surface area (TPSA) is 95.0 Å². The van der Waals surface area contributed by atoms with Gasteiger partial charge in [-0.2, -0.15) is 13.2 Å². The van der Waals surface area contributed by atoms with Gasteiger partial charge in [-0.1, -0.05) is 18.2 Å². The monoisotopic (exact) mass is 422 g/mol. The summed E-state index contributed by atoms with van der Waals surface area (Å²) < 4.78 is 56.7. The molecule has 2 unspecified atom stereocenters. The number of piperidine rings is 1. The molecule has 2 saturated heterocycles. The molecule has 11 heteroatoms. The van der Waals surface area contributed by atoms with Gasteiger partial charge in [0.1, 0.15) is 0 Å². The van der Waals surface area contributed by atoms with Gasteiger partial charge in [0, 0.05) is 31.2 Å². The summed E-state index contributed by atoms with van der Waals surface area (Å²) >= 11 is 0. The van der Waals surface area contributed by atoms with Crippen molar-refractivity contribution >= 4 is 21.9 Å². The Morgan fingerprint density at radius 1 is 1.11 bits per heavy atom. The number of sulfonamides is 1. The minimum Gasteiger partial charge on any atom is -0.475 e. The highest BCUT2D eigenvalue weighted by Crippen LogP contribution is 2.33. The highest BCUT2D eigenvalue weighted by molar-refractivity contribution is 7.88. The number of alkyl halides is 3. The van der Waals surface area contributed by atoms with Crippen LogP contribution in [0.4, 0.5) is 13.2 Å². The maximum atomic E-state index is 12.6. The van der Waals surface area contributed by atoms with Crippen LogP contribution in [-0.4, -0.2) is 72.7 Å². The van der Waals surface area contributed by atoms with E-state index in [1.807, 2.05) is 35.2 Å². The summed E-state index contributed by atoms with van der Waals surface area (Å²) in [4.78, 5) is 23.4. The van der Waals surface area contributed by atoms with Crippen molar-refractivity contribution in [2.24, 2.45) is 5.92 Å². The van der Waals surface area contributed by atoms with Crippen molar-refractivity contribution in [3.63, 3.8) is 0 Å². The highest BCUT2D eigenvalue weighted by atomic mass is 32.2. The molecule has 2 heterocycles. The van der Waals surface area contributed by atoms with Crippen molar-refractivity contribution in [1.82, 2.24) is 9.21 Å². The Morgan fingerprint density at radius 2 is 1.64 bits per heavy atom. The lowest BCUT2D eigenvalue weighted by Gasteiger charge is -2.37. The first kappa shape index (κ1) is 22.2. The van der Waals surface area contributed by atoms with Crippen LogP contribution in [0, 0.1) is 5.92 Å². The lowest BCUT2D eigenvalue weighted by molar-refractivity contribution is -0.192. The molecule has 2 aliphatic heterocycles. The van der Waals surface area contributed by atoms with Crippen molar-refractivity contribution in [2.75, 3.05) is 25.9 Å². The maximum Gasteiger partial charge on any atom is 0.490 e. The van der Waals surface area contributed by atoms with E-state index in [4.69, 9.17) is 9.90 Å². The number of hydrogen-bond donors (Lipinski definition) is 1. The molecule has 7 nitrogen and oxygen atoms in total. The van der Waals surface area contributed by atoms with E-state index >= 15 is 0 Å². The van der Waals surface area contributed by atoms with Crippen LogP contribution < -0.4 is 0 Å². The molecule has 0 bridgehead atoms. The molecule has 2 aliphatic rings. The number of likely N-dealkylation sites (tertiary alicyclic amines) is 1. The smallest absolute Gasteiger partial charge is 0.475 e. The van der Waals surface area contributed by atoms with Crippen molar-refractivity contribution in [3.8, 4) is 0 Å². The summed E-state index contributed by atoms with van der Waals surface area (Å²) in [7, 11) is -3.18. The van der Waals surface area contributed by atoms with Crippen LogP contribution in [0.5, 0.6) is 0 Å². The molecule has 0 radical (unpaired) electrons. The minimum atomic E-state index is -5.08. The molecule has 0 aromatic heterocycles.